The molecule has 0 unspecified atom stereocenters. The van der Waals surface area contributed by atoms with Crippen molar-refractivity contribution in [3.05, 3.63) is 83.1 Å². The van der Waals surface area contributed by atoms with Gasteiger partial charge in [-0.1, -0.05) is 18.2 Å². The number of hydrazone groups is 1. The number of hydrogen-bond acceptors (Lipinski definition) is 5. The predicted molar refractivity (Wildman–Crippen MR) is 119 cm³/mol. The average molecular weight is 456 g/mol. The van der Waals surface area contributed by atoms with Crippen molar-refractivity contribution >= 4 is 27.3 Å². The van der Waals surface area contributed by atoms with Crippen LogP contribution < -0.4 is 9.73 Å². The van der Waals surface area contributed by atoms with Crippen LogP contribution in [0.3, 0.4) is 0 Å². The summed E-state index contributed by atoms with van der Waals surface area (Å²) >= 11 is 0. The molecule has 1 heterocycles. The molecule has 0 fully saturated rings. The molecule has 0 spiro atoms. The summed E-state index contributed by atoms with van der Waals surface area (Å²) in [7, 11) is -2.29. The molecule has 2 aromatic carbocycles. The first-order chi connectivity index (χ1) is 15.3. The van der Waals surface area contributed by atoms with Gasteiger partial charge in [0.15, 0.2) is 5.76 Å². The van der Waals surface area contributed by atoms with Gasteiger partial charge >= 0.3 is 0 Å². The molecule has 4 rings (SSSR count). The fraction of sp³-hybridized carbons (Fsp3) is 0.217. The molecule has 0 radical (unpaired) electrons. The number of hydrogen-bond donors (Lipinski definition) is 1. The Kier molecular flexibility index (Phi) is 5.84. The van der Waals surface area contributed by atoms with Crippen LogP contribution in [0.25, 0.3) is 0 Å². The van der Waals surface area contributed by atoms with Crippen LogP contribution in [0.4, 0.5) is 10.1 Å². The molecule has 1 aliphatic carbocycles. The topological polar surface area (TPSA) is 92.0 Å². The zero-order valence-corrected chi connectivity index (χ0v) is 18.4. The molecule has 0 saturated heterocycles. The molecule has 1 aromatic heterocycles. The molecule has 7 nitrogen and oxygen atoms in total. The van der Waals surface area contributed by atoms with Gasteiger partial charge in [0.05, 0.1) is 10.6 Å². The van der Waals surface area contributed by atoms with E-state index in [0.717, 1.165) is 17.8 Å². The summed E-state index contributed by atoms with van der Waals surface area (Å²) in [6.07, 6.45) is 1.86. The SMILES string of the molecule is Cc1c(C(=O)N(C)c2ccccc2)oc2c1/C(=N/NS(=O)(=O)c1ccc(F)cc1)CCC2. The number of nitrogens with one attached hydrogen (secondary N) is 1. The summed E-state index contributed by atoms with van der Waals surface area (Å²) in [6, 6.07) is 13.7. The normalized spacial score (nSPS) is 14.8. The van der Waals surface area contributed by atoms with Gasteiger partial charge in [-0.2, -0.15) is 18.4 Å². The van der Waals surface area contributed by atoms with E-state index in [1.165, 1.54) is 17.0 Å². The van der Waals surface area contributed by atoms with Crippen LogP contribution in [-0.4, -0.2) is 27.1 Å². The van der Waals surface area contributed by atoms with Crippen molar-refractivity contribution in [3.8, 4) is 0 Å². The van der Waals surface area contributed by atoms with Gasteiger partial charge in [0.25, 0.3) is 15.9 Å². The van der Waals surface area contributed by atoms with Crippen LogP contribution in [0, 0.1) is 12.7 Å². The number of rotatable bonds is 5. The van der Waals surface area contributed by atoms with Crippen LogP contribution in [0.15, 0.2) is 69.0 Å². The third kappa shape index (κ3) is 4.16. The number of anilines is 1. The van der Waals surface area contributed by atoms with Gasteiger partial charge in [0.2, 0.25) is 0 Å². The molecule has 32 heavy (non-hydrogen) atoms. The molecule has 1 N–H and O–H groups in total. The van der Waals surface area contributed by atoms with Crippen LogP contribution in [0.5, 0.6) is 0 Å². The number of benzene rings is 2. The number of sulfonamides is 1. The second kappa shape index (κ2) is 8.58. The van der Waals surface area contributed by atoms with E-state index in [2.05, 4.69) is 9.93 Å². The van der Waals surface area contributed by atoms with E-state index >= 15 is 0 Å². The summed E-state index contributed by atoms with van der Waals surface area (Å²) < 4.78 is 44.1. The largest absolute Gasteiger partial charge is 0.455 e. The number of amides is 1. The Morgan fingerprint density at radius 3 is 2.47 bits per heavy atom. The van der Waals surface area contributed by atoms with E-state index in [1.54, 1.807) is 14.0 Å². The van der Waals surface area contributed by atoms with E-state index in [0.29, 0.717) is 41.9 Å². The third-order valence-corrected chi connectivity index (χ3v) is 6.62. The molecule has 0 saturated carbocycles. The highest BCUT2D eigenvalue weighted by atomic mass is 32.2. The number of nitrogens with zero attached hydrogens (tertiary/aromatic N) is 2. The van der Waals surface area contributed by atoms with Crippen molar-refractivity contribution in [1.82, 2.24) is 4.83 Å². The third-order valence-electron chi connectivity index (χ3n) is 5.39. The van der Waals surface area contributed by atoms with E-state index in [1.807, 2.05) is 30.3 Å². The first-order valence-corrected chi connectivity index (χ1v) is 11.6. The Bertz CT molecular complexity index is 1280. The maximum atomic E-state index is 13.1. The van der Waals surface area contributed by atoms with Crippen LogP contribution in [0.1, 0.15) is 40.3 Å². The quantitative estimate of drug-likeness (QED) is 0.588. The molecule has 1 aliphatic rings. The van der Waals surface area contributed by atoms with Crippen LogP contribution in [0.2, 0.25) is 0 Å². The maximum absolute atomic E-state index is 13.1. The Morgan fingerprint density at radius 2 is 1.78 bits per heavy atom. The van der Waals surface area contributed by atoms with Gasteiger partial charge in [-0.3, -0.25) is 4.79 Å². The molecule has 166 valence electrons. The minimum absolute atomic E-state index is 0.0939. The Labute approximate surface area is 185 Å². The molecule has 3 aromatic rings. The second-order valence-corrected chi connectivity index (χ2v) is 9.18. The minimum atomic E-state index is -3.96. The van der Waals surface area contributed by atoms with Gasteiger partial charge in [0, 0.05) is 30.3 Å². The van der Waals surface area contributed by atoms with E-state index in [-0.39, 0.29) is 16.6 Å². The van der Waals surface area contributed by atoms with Crippen molar-refractivity contribution in [2.45, 2.75) is 31.1 Å². The molecular formula is C23H22FN3O4S. The summed E-state index contributed by atoms with van der Waals surface area (Å²) in [6.45, 7) is 1.77. The Hall–Kier alpha value is -3.46. The van der Waals surface area contributed by atoms with Crippen LogP contribution in [-0.2, 0) is 16.4 Å². The molecule has 0 atom stereocenters. The van der Waals surface area contributed by atoms with Crippen molar-refractivity contribution in [1.29, 1.82) is 0 Å². The van der Waals surface area contributed by atoms with Gasteiger partial charge in [-0.15, -0.1) is 0 Å². The Morgan fingerprint density at radius 1 is 1.09 bits per heavy atom. The van der Waals surface area contributed by atoms with Gasteiger partial charge in [-0.25, -0.2) is 4.39 Å². The van der Waals surface area contributed by atoms with Gasteiger partial charge < -0.3 is 9.32 Å². The number of para-hydroxylation sites is 1. The first-order valence-electron chi connectivity index (χ1n) is 10.1. The number of halogens is 1. The molecular weight excluding hydrogens is 433 g/mol. The lowest BCUT2D eigenvalue weighted by Crippen LogP contribution is -2.26. The van der Waals surface area contributed by atoms with Crippen molar-refractivity contribution in [2.75, 3.05) is 11.9 Å². The molecule has 0 aliphatic heterocycles. The average Bonchev–Trinajstić information content (AvgIpc) is 3.14. The van der Waals surface area contributed by atoms with Gasteiger partial charge in [0.1, 0.15) is 11.6 Å². The summed E-state index contributed by atoms with van der Waals surface area (Å²) in [5.74, 6) is -0.0103. The zero-order chi connectivity index (χ0) is 22.9. The van der Waals surface area contributed by atoms with Crippen molar-refractivity contribution in [3.63, 3.8) is 0 Å². The molecule has 9 heteroatoms. The number of fused-ring (bicyclic) bond motifs is 1. The van der Waals surface area contributed by atoms with Crippen LogP contribution >= 0.6 is 0 Å². The lowest BCUT2D eigenvalue weighted by molar-refractivity contribution is 0.0964. The monoisotopic (exact) mass is 455 g/mol. The predicted octanol–water partition coefficient (Wildman–Crippen LogP) is 4.02. The van der Waals surface area contributed by atoms with E-state index in [9.17, 15) is 17.6 Å². The Balaban J connectivity index is 1.63. The van der Waals surface area contributed by atoms with E-state index < -0.39 is 15.8 Å². The zero-order valence-electron chi connectivity index (χ0n) is 17.6. The highest BCUT2D eigenvalue weighted by Crippen LogP contribution is 2.31. The number of aryl methyl sites for hydroxylation is 1. The second-order valence-electron chi connectivity index (χ2n) is 7.51. The fourth-order valence-electron chi connectivity index (χ4n) is 3.69. The first kappa shape index (κ1) is 21.8. The highest BCUT2D eigenvalue weighted by Gasteiger charge is 2.30. The summed E-state index contributed by atoms with van der Waals surface area (Å²) in [5.41, 5.74) is 2.50. The van der Waals surface area contributed by atoms with E-state index in [4.69, 9.17) is 4.42 Å². The van der Waals surface area contributed by atoms with Crippen molar-refractivity contribution in [2.24, 2.45) is 5.10 Å². The standard InChI is InChI=1S/C23H22FN3O4S/c1-15-21-19(25-26-32(29,30)18-13-11-16(24)12-14-18)9-6-10-20(21)31-22(15)23(28)27(2)17-7-4-3-5-8-17/h3-5,7-8,11-14,26H,6,9-10H2,1-2H3/b25-19+. The summed E-state index contributed by atoms with van der Waals surface area (Å²) in [4.78, 5) is 16.7. The minimum Gasteiger partial charge on any atom is -0.455 e. The number of furan rings is 1. The number of carbonyl (C=O) groups excluding carboxylic acids is 1. The maximum Gasteiger partial charge on any atom is 0.294 e. The highest BCUT2D eigenvalue weighted by molar-refractivity contribution is 7.89. The lowest BCUT2D eigenvalue weighted by Gasteiger charge is -2.16. The fourth-order valence-corrected chi connectivity index (χ4v) is 4.52. The molecule has 0 bridgehead atoms. The summed E-state index contributed by atoms with van der Waals surface area (Å²) in [5, 5.41) is 4.13. The number of carbonyl (C=O) groups is 1. The smallest absolute Gasteiger partial charge is 0.294 e. The van der Waals surface area contributed by atoms with Crippen molar-refractivity contribution < 1.29 is 22.0 Å². The lowest BCUT2D eigenvalue weighted by atomic mass is 9.93. The van der Waals surface area contributed by atoms with Gasteiger partial charge in [-0.05, 0) is 56.2 Å². The molecule has 1 amide bonds.